The summed E-state index contributed by atoms with van der Waals surface area (Å²) in [6, 6.07) is 87.2. The first-order valence-corrected chi connectivity index (χ1v) is 34.4. The Balaban J connectivity index is 0.000000159. The van der Waals surface area contributed by atoms with Crippen LogP contribution in [0.5, 0.6) is 5.75 Å². The summed E-state index contributed by atoms with van der Waals surface area (Å²) in [6.45, 7) is 3.25. The summed E-state index contributed by atoms with van der Waals surface area (Å²) in [5, 5.41) is 14.9. The number of benzene rings is 10. The van der Waals surface area contributed by atoms with E-state index in [0.717, 1.165) is 50.3 Å². The lowest BCUT2D eigenvalue weighted by molar-refractivity contribution is -0.121. The minimum Gasteiger partial charge on any atom is -0.497 e. The smallest absolute Gasteiger partial charge is 0.282 e. The van der Waals surface area contributed by atoms with Crippen LogP contribution in [0.15, 0.2) is 323 Å². The Bertz CT molecular complexity index is 5000. The number of halogens is 1. The third kappa shape index (κ3) is 21.3. The molecule has 18 nitrogen and oxygen atoms in total. The highest BCUT2D eigenvalue weighted by Gasteiger charge is 2.33. The number of nitrogens with zero attached hydrogens (tertiary/aromatic N) is 4. The Morgan fingerprint density at radius 3 is 1.39 bits per heavy atom. The lowest BCUT2D eigenvalue weighted by Crippen LogP contribution is -2.32. The van der Waals surface area contributed by atoms with Gasteiger partial charge in [-0.2, -0.15) is 0 Å². The summed E-state index contributed by atoms with van der Waals surface area (Å²) in [5.41, 5.74) is 11.2. The molecule has 0 atom stereocenters. The molecule has 2 aliphatic heterocycles. The molecule has 528 valence electrons. The summed E-state index contributed by atoms with van der Waals surface area (Å²) in [5.74, 6) is 0.937. The largest absolute Gasteiger partial charge is 0.497 e. The Morgan fingerprint density at radius 2 is 0.906 bits per heavy atom. The number of amidine groups is 2. The van der Waals surface area contributed by atoms with Crippen LogP contribution in [0.25, 0.3) is 18.2 Å². The molecule has 10 aromatic carbocycles. The van der Waals surface area contributed by atoms with E-state index in [1.165, 1.54) is 0 Å². The second-order valence-electron chi connectivity index (χ2n) is 24.3. The lowest BCUT2D eigenvalue weighted by atomic mass is 10.1. The summed E-state index contributed by atoms with van der Waals surface area (Å²) in [4.78, 5) is 101. The van der Waals surface area contributed by atoms with Gasteiger partial charge in [-0.1, -0.05) is 212 Å². The molecule has 0 saturated carbocycles. The molecule has 19 heteroatoms. The predicted molar refractivity (Wildman–Crippen MR) is 416 cm³/mol. The summed E-state index contributed by atoms with van der Waals surface area (Å²) < 4.78 is 10.5. The highest BCUT2D eigenvalue weighted by molar-refractivity contribution is 6.33. The molecule has 0 bridgehead atoms. The molecule has 0 fully saturated rings. The number of anilines is 3. The molecule has 0 spiro atoms. The van der Waals surface area contributed by atoms with Gasteiger partial charge in [0.2, 0.25) is 17.7 Å². The quantitative estimate of drug-likeness (QED) is 0.0383. The third-order valence-corrected chi connectivity index (χ3v) is 16.8. The number of aliphatic imine (C=N–C) groups is 2. The molecule has 11 aromatic rings. The molecule has 13 rings (SSSR count). The van der Waals surface area contributed by atoms with E-state index in [0.29, 0.717) is 81.7 Å². The number of furan rings is 1. The molecule has 106 heavy (non-hydrogen) atoms. The first kappa shape index (κ1) is 73.6. The topological polar surface area (TPSA) is 233 Å². The van der Waals surface area contributed by atoms with E-state index in [1.54, 1.807) is 133 Å². The van der Waals surface area contributed by atoms with Crippen LogP contribution in [0.4, 0.5) is 17.1 Å². The molecule has 0 radical (unpaired) electrons. The number of amides is 7. The first-order chi connectivity index (χ1) is 51.7. The van der Waals surface area contributed by atoms with Crippen LogP contribution in [-0.4, -0.2) is 60.1 Å². The van der Waals surface area contributed by atoms with E-state index < -0.39 is 11.8 Å². The Morgan fingerprint density at radius 1 is 0.462 bits per heavy atom. The van der Waals surface area contributed by atoms with Crippen molar-refractivity contribution in [3.05, 3.63) is 375 Å². The van der Waals surface area contributed by atoms with Gasteiger partial charge in [-0.25, -0.2) is 9.98 Å². The molecular formula is C87H74ClN9O9. The van der Waals surface area contributed by atoms with Crippen LogP contribution in [0.1, 0.15) is 73.1 Å². The zero-order valence-electron chi connectivity index (χ0n) is 58.0. The number of carbonyl (C=O) groups excluding carboxylic acids is 7. The van der Waals surface area contributed by atoms with Crippen molar-refractivity contribution in [3.8, 4) is 5.75 Å². The summed E-state index contributed by atoms with van der Waals surface area (Å²) in [7, 11) is 1.61. The van der Waals surface area contributed by atoms with Crippen LogP contribution >= 0.6 is 11.6 Å². The van der Waals surface area contributed by atoms with Crippen molar-refractivity contribution in [2.45, 2.75) is 45.8 Å². The Labute approximate surface area is 619 Å². The van der Waals surface area contributed by atoms with E-state index in [-0.39, 0.29) is 54.5 Å². The fraction of sp³-hybridized carbons (Fsp3) is 0.0920. The monoisotopic (exact) mass is 1420 g/mol. The standard InChI is InChI=1S/C31H26ClN3O3.C29H23N3O3.C27H25N3O3/c32-26-15-11-22(12-16-26)19-28(35-30(37)25-9-5-2-6-10-25)31(38)34-27-17-13-23(14-18-27)20-29(36)33-21-24-7-3-1-4-8-24;33-27(30-20-22-8-3-1-4-9-22)18-21-13-15-24(16-14-21)32-28(23-10-5-2-6-11-23)31-26(29(32)34)19-25-12-7-17-35-25;1-19-29-25(16-20-10-14-24(33-2)15-11-20)27(32)30(19)23-12-8-21(9-13-23)17-26(31)28-18-22-6-4-3-5-7-22/h1-19H,20-21H2,(H,33,36)(H,34,38)(H,35,37);1-17,19H,18,20H2,(H,30,33);3-16H,17-18H2,1-2H3,(H,28,31)/b28-19-;26-19-;25-16-. The summed E-state index contributed by atoms with van der Waals surface area (Å²) in [6.07, 6.45) is 7.28. The van der Waals surface area contributed by atoms with Crippen LogP contribution in [-0.2, 0) is 67.7 Å². The summed E-state index contributed by atoms with van der Waals surface area (Å²) >= 11 is 5.98. The van der Waals surface area contributed by atoms with E-state index in [4.69, 9.17) is 20.8 Å². The molecule has 0 saturated heterocycles. The maximum atomic E-state index is 13.3. The van der Waals surface area contributed by atoms with Crippen LogP contribution in [0.2, 0.25) is 5.02 Å². The molecule has 0 unspecified atom stereocenters. The fourth-order valence-electron chi connectivity index (χ4n) is 11.1. The molecular weight excluding hydrogens is 1350 g/mol. The van der Waals surface area contributed by atoms with Crippen molar-refractivity contribution in [1.29, 1.82) is 0 Å². The number of rotatable bonds is 23. The van der Waals surface area contributed by atoms with Gasteiger partial charge in [-0.05, 0) is 149 Å². The second-order valence-corrected chi connectivity index (χ2v) is 24.8. The maximum absolute atomic E-state index is 13.3. The van der Waals surface area contributed by atoms with Gasteiger partial charge in [-0.15, -0.1) is 0 Å². The van der Waals surface area contributed by atoms with Crippen LogP contribution < -0.4 is 41.1 Å². The van der Waals surface area contributed by atoms with Gasteiger partial charge in [0.15, 0.2) is 0 Å². The zero-order valence-corrected chi connectivity index (χ0v) is 58.8. The third-order valence-electron chi connectivity index (χ3n) is 16.6. The molecule has 7 amide bonds. The fourth-order valence-corrected chi connectivity index (χ4v) is 11.2. The average molecular weight is 1430 g/mol. The van der Waals surface area contributed by atoms with Gasteiger partial charge in [0, 0.05) is 47.5 Å². The van der Waals surface area contributed by atoms with Crippen molar-refractivity contribution in [3.63, 3.8) is 0 Å². The Kier molecular flexibility index (Phi) is 25.6. The number of nitrogens with one attached hydrogen (secondary N) is 5. The van der Waals surface area contributed by atoms with Gasteiger partial charge in [-0.3, -0.25) is 43.4 Å². The molecule has 3 heterocycles. The highest BCUT2D eigenvalue weighted by Crippen LogP contribution is 2.30. The van der Waals surface area contributed by atoms with Gasteiger partial charge >= 0.3 is 0 Å². The second kappa shape index (κ2) is 36.8. The van der Waals surface area contributed by atoms with E-state index in [1.807, 2.05) is 200 Å². The predicted octanol–water partition coefficient (Wildman–Crippen LogP) is 14.9. The Hall–Kier alpha value is -13.6. The van der Waals surface area contributed by atoms with Gasteiger partial charge in [0.25, 0.3) is 23.6 Å². The van der Waals surface area contributed by atoms with Crippen molar-refractivity contribution in [1.82, 2.24) is 21.3 Å². The van der Waals surface area contributed by atoms with Gasteiger partial charge < -0.3 is 35.7 Å². The average Bonchev–Trinajstić information content (AvgIpc) is 1.63. The van der Waals surface area contributed by atoms with Crippen LogP contribution in [0, 0.1) is 0 Å². The number of ether oxygens (including phenoxy) is 1. The number of carbonyl (C=O) groups is 7. The number of hydrogen-bond acceptors (Lipinski definition) is 11. The zero-order chi connectivity index (χ0) is 74.0. The molecule has 1 aromatic heterocycles. The van der Waals surface area contributed by atoms with Crippen molar-refractivity contribution in [2.75, 3.05) is 22.2 Å². The van der Waals surface area contributed by atoms with Gasteiger partial charge in [0.1, 0.15) is 40.3 Å². The maximum Gasteiger partial charge on any atom is 0.282 e. The van der Waals surface area contributed by atoms with Crippen molar-refractivity contribution < 1.29 is 42.7 Å². The van der Waals surface area contributed by atoms with Crippen molar-refractivity contribution >= 4 is 99.9 Å². The van der Waals surface area contributed by atoms with E-state index in [9.17, 15) is 33.6 Å². The molecule has 0 aliphatic carbocycles. The van der Waals surface area contributed by atoms with Gasteiger partial charge in [0.05, 0.1) is 44.0 Å². The molecule has 2 aliphatic rings. The minimum atomic E-state index is -0.488. The van der Waals surface area contributed by atoms with Crippen molar-refractivity contribution in [2.24, 2.45) is 9.98 Å². The number of methoxy groups -OCH3 is 1. The normalized spacial score (nSPS) is 13.1. The lowest BCUT2D eigenvalue weighted by Gasteiger charge is -2.19. The minimum absolute atomic E-state index is 0.0497. The van der Waals surface area contributed by atoms with E-state index >= 15 is 0 Å². The van der Waals surface area contributed by atoms with Crippen LogP contribution in [0.3, 0.4) is 0 Å². The highest BCUT2D eigenvalue weighted by atomic mass is 35.5. The SMILES string of the molecule is COc1ccc(/C=C2\N=C(C)N(c3ccc(CC(=O)NCc4ccccc4)cc3)C2=O)cc1.O=C(Cc1ccc(N2C(=O)/C(=C/c3ccco3)N=C2c2ccccc2)cc1)NCc1ccccc1.O=C(Cc1ccc(NC(=O)/C(=C/c2ccc(Cl)cc2)NC(=O)c2ccccc2)cc1)NCc1ccccc1. The first-order valence-electron chi connectivity index (χ1n) is 34.0. The molecule has 5 N–H and O–H groups in total. The number of hydrogen-bond donors (Lipinski definition) is 5. The van der Waals surface area contributed by atoms with E-state index in [2.05, 4.69) is 36.6 Å².